The summed E-state index contributed by atoms with van der Waals surface area (Å²) in [4.78, 5) is 13.3. The number of unbranched alkanes of at least 4 members (excludes halogenated alkanes) is 1. The summed E-state index contributed by atoms with van der Waals surface area (Å²) in [5.74, 6) is 0.111. The number of rotatable bonds is 6. The van der Waals surface area contributed by atoms with E-state index in [2.05, 4.69) is 0 Å². The lowest BCUT2D eigenvalue weighted by atomic mass is 10.3. The molecule has 0 spiro atoms. The van der Waals surface area contributed by atoms with E-state index in [0.29, 0.717) is 6.10 Å². The summed E-state index contributed by atoms with van der Waals surface area (Å²) in [5, 5.41) is 0. The summed E-state index contributed by atoms with van der Waals surface area (Å²) in [6, 6.07) is -0.253. The maximum atomic E-state index is 11.4. The predicted octanol–water partition coefficient (Wildman–Crippen LogP) is 0.751. The first-order valence-electron chi connectivity index (χ1n) is 5.77. The van der Waals surface area contributed by atoms with Gasteiger partial charge in [-0.05, 0) is 33.1 Å². The highest BCUT2D eigenvalue weighted by molar-refractivity contribution is 5.83. The van der Waals surface area contributed by atoms with Crippen LogP contribution in [0.15, 0.2) is 0 Å². The normalized spacial score (nSPS) is 21.7. The van der Waals surface area contributed by atoms with E-state index in [1.807, 2.05) is 18.7 Å². The maximum absolute atomic E-state index is 11.4. The van der Waals surface area contributed by atoms with Crippen LogP contribution in [-0.2, 0) is 9.53 Å². The lowest BCUT2D eigenvalue weighted by Crippen LogP contribution is -2.34. The first-order chi connectivity index (χ1) is 7.11. The van der Waals surface area contributed by atoms with Crippen molar-refractivity contribution in [1.29, 1.82) is 0 Å². The van der Waals surface area contributed by atoms with Gasteiger partial charge in [-0.3, -0.25) is 4.79 Å². The molecule has 0 aromatic rings. The molecule has 0 aliphatic carbocycles. The monoisotopic (exact) mass is 214 g/mol. The third-order valence-electron chi connectivity index (χ3n) is 2.61. The highest BCUT2D eigenvalue weighted by Gasteiger charge is 2.27. The van der Waals surface area contributed by atoms with Gasteiger partial charge in [0.15, 0.2) is 0 Å². The zero-order valence-corrected chi connectivity index (χ0v) is 9.74. The van der Waals surface area contributed by atoms with Gasteiger partial charge in [0.2, 0.25) is 5.91 Å². The molecule has 0 radical (unpaired) electrons. The van der Waals surface area contributed by atoms with Gasteiger partial charge in [0.25, 0.3) is 0 Å². The van der Waals surface area contributed by atoms with Crippen LogP contribution in [0.3, 0.4) is 0 Å². The van der Waals surface area contributed by atoms with Crippen LogP contribution < -0.4 is 5.73 Å². The third kappa shape index (κ3) is 4.18. The first kappa shape index (κ1) is 12.5. The van der Waals surface area contributed by atoms with Crippen molar-refractivity contribution in [2.24, 2.45) is 5.73 Å². The molecule has 1 atom stereocenters. The van der Waals surface area contributed by atoms with Gasteiger partial charge in [0.05, 0.1) is 12.1 Å². The van der Waals surface area contributed by atoms with Crippen molar-refractivity contribution in [2.75, 3.05) is 19.7 Å². The fourth-order valence-electron chi connectivity index (χ4n) is 1.71. The van der Waals surface area contributed by atoms with Crippen molar-refractivity contribution >= 4 is 5.91 Å². The third-order valence-corrected chi connectivity index (χ3v) is 2.61. The van der Waals surface area contributed by atoms with Crippen molar-refractivity contribution in [1.82, 2.24) is 4.90 Å². The topological polar surface area (TPSA) is 55.6 Å². The lowest BCUT2D eigenvalue weighted by Gasteiger charge is -2.15. The summed E-state index contributed by atoms with van der Waals surface area (Å²) >= 11 is 0. The largest absolute Gasteiger partial charge is 0.379 e. The Labute approximate surface area is 91.8 Å². The Morgan fingerprint density at radius 3 is 2.80 bits per heavy atom. The van der Waals surface area contributed by atoms with Crippen LogP contribution in [-0.4, -0.2) is 42.6 Å². The number of carbonyl (C=O) groups excluding carboxylic acids is 1. The number of amides is 1. The Bertz CT molecular complexity index is 207. The molecule has 1 saturated heterocycles. The SMILES string of the molecule is CC(C)OCCCCN1CCC(N)C1=O. The second-order valence-corrected chi connectivity index (χ2v) is 4.35. The molecule has 15 heavy (non-hydrogen) atoms. The van der Waals surface area contributed by atoms with Crippen molar-refractivity contribution in [3.63, 3.8) is 0 Å². The van der Waals surface area contributed by atoms with Gasteiger partial charge < -0.3 is 15.4 Å². The minimum Gasteiger partial charge on any atom is -0.379 e. The van der Waals surface area contributed by atoms with E-state index in [9.17, 15) is 4.79 Å². The summed E-state index contributed by atoms with van der Waals surface area (Å²) < 4.78 is 5.43. The van der Waals surface area contributed by atoms with Crippen LogP contribution in [0.5, 0.6) is 0 Å². The quantitative estimate of drug-likeness (QED) is 0.664. The van der Waals surface area contributed by atoms with E-state index < -0.39 is 0 Å². The van der Waals surface area contributed by atoms with Crippen molar-refractivity contribution < 1.29 is 9.53 Å². The molecule has 1 amide bonds. The molecule has 0 saturated carbocycles. The molecule has 1 fully saturated rings. The van der Waals surface area contributed by atoms with Crippen LogP contribution in [0.2, 0.25) is 0 Å². The van der Waals surface area contributed by atoms with Crippen LogP contribution in [0.1, 0.15) is 33.1 Å². The van der Waals surface area contributed by atoms with Gasteiger partial charge in [-0.1, -0.05) is 0 Å². The molecule has 1 aliphatic rings. The zero-order valence-electron chi connectivity index (χ0n) is 9.74. The minimum atomic E-state index is -0.253. The summed E-state index contributed by atoms with van der Waals surface area (Å²) in [6.07, 6.45) is 3.12. The molecule has 0 aromatic carbocycles. The van der Waals surface area contributed by atoms with E-state index >= 15 is 0 Å². The van der Waals surface area contributed by atoms with E-state index in [0.717, 1.165) is 39.0 Å². The molecule has 1 unspecified atom stereocenters. The van der Waals surface area contributed by atoms with Gasteiger partial charge in [-0.15, -0.1) is 0 Å². The average molecular weight is 214 g/mol. The highest BCUT2D eigenvalue weighted by atomic mass is 16.5. The Morgan fingerprint density at radius 1 is 1.53 bits per heavy atom. The summed E-state index contributed by atoms with van der Waals surface area (Å²) in [5.41, 5.74) is 5.62. The zero-order chi connectivity index (χ0) is 11.3. The standard InChI is InChI=1S/C11H22N2O2/c1-9(2)15-8-4-3-6-13-7-5-10(12)11(13)14/h9-10H,3-8,12H2,1-2H3. The van der Waals surface area contributed by atoms with Gasteiger partial charge in [-0.25, -0.2) is 0 Å². The van der Waals surface area contributed by atoms with Crippen LogP contribution >= 0.6 is 0 Å². The van der Waals surface area contributed by atoms with Gasteiger partial charge in [0.1, 0.15) is 0 Å². The van der Waals surface area contributed by atoms with Gasteiger partial charge >= 0.3 is 0 Å². The van der Waals surface area contributed by atoms with Gasteiger partial charge in [-0.2, -0.15) is 0 Å². The Hall–Kier alpha value is -0.610. The number of nitrogens with zero attached hydrogens (tertiary/aromatic N) is 1. The van der Waals surface area contributed by atoms with Crippen molar-refractivity contribution in [2.45, 2.75) is 45.3 Å². The number of carbonyl (C=O) groups is 1. The number of nitrogens with two attached hydrogens (primary N) is 1. The number of ether oxygens (including phenoxy) is 1. The molecule has 0 bridgehead atoms. The van der Waals surface area contributed by atoms with E-state index in [-0.39, 0.29) is 11.9 Å². The number of hydrogen-bond donors (Lipinski definition) is 1. The lowest BCUT2D eigenvalue weighted by molar-refractivity contribution is -0.128. The Balaban J connectivity index is 2.03. The van der Waals surface area contributed by atoms with E-state index in [4.69, 9.17) is 10.5 Å². The molecule has 2 N–H and O–H groups in total. The summed E-state index contributed by atoms with van der Waals surface area (Å²) in [7, 11) is 0. The molecule has 1 aliphatic heterocycles. The summed E-state index contributed by atoms with van der Waals surface area (Å²) in [6.45, 7) is 6.50. The van der Waals surface area contributed by atoms with E-state index in [1.54, 1.807) is 0 Å². The van der Waals surface area contributed by atoms with E-state index in [1.165, 1.54) is 0 Å². The number of likely N-dealkylation sites (tertiary alicyclic amines) is 1. The average Bonchev–Trinajstić information content (AvgIpc) is 2.48. The molecule has 0 aromatic heterocycles. The van der Waals surface area contributed by atoms with Crippen molar-refractivity contribution in [3.05, 3.63) is 0 Å². The predicted molar refractivity (Wildman–Crippen MR) is 59.5 cm³/mol. The van der Waals surface area contributed by atoms with Crippen molar-refractivity contribution in [3.8, 4) is 0 Å². The van der Waals surface area contributed by atoms with Crippen LogP contribution in [0.25, 0.3) is 0 Å². The van der Waals surface area contributed by atoms with Gasteiger partial charge in [0, 0.05) is 19.7 Å². The Kier molecular flexibility index (Phi) is 5.05. The molecular weight excluding hydrogens is 192 g/mol. The second-order valence-electron chi connectivity index (χ2n) is 4.35. The molecule has 88 valence electrons. The molecule has 1 rings (SSSR count). The molecule has 4 heteroatoms. The molecular formula is C11H22N2O2. The maximum Gasteiger partial charge on any atom is 0.239 e. The fourth-order valence-corrected chi connectivity index (χ4v) is 1.71. The second kappa shape index (κ2) is 6.08. The highest BCUT2D eigenvalue weighted by Crippen LogP contribution is 2.09. The minimum absolute atomic E-state index is 0.111. The first-order valence-corrected chi connectivity index (χ1v) is 5.77. The molecule has 1 heterocycles. The van der Waals surface area contributed by atoms with Crippen LogP contribution in [0.4, 0.5) is 0 Å². The Morgan fingerprint density at radius 2 is 2.27 bits per heavy atom. The fraction of sp³-hybridized carbons (Fsp3) is 0.909. The number of hydrogen-bond acceptors (Lipinski definition) is 3. The smallest absolute Gasteiger partial charge is 0.239 e. The van der Waals surface area contributed by atoms with Crippen LogP contribution in [0, 0.1) is 0 Å². The molecule has 4 nitrogen and oxygen atoms in total.